The molecular weight excluding hydrogens is 193 g/mol. The molecule has 0 saturated carbocycles. The summed E-state index contributed by atoms with van der Waals surface area (Å²) in [7, 11) is 0. The van der Waals surface area contributed by atoms with Gasteiger partial charge in [0.25, 0.3) is 0 Å². The Morgan fingerprint density at radius 2 is 2.07 bits per heavy atom. The number of nitrogens with one attached hydrogen (secondary N) is 1. The summed E-state index contributed by atoms with van der Waals surface area (Å²) in [5, 5.41) is 3.11. The van der Waals surface area contributed by atoms with E-state index in [-0.39, 0.29) is 19.1 Å². The number of halogens is 3. The van der Waals surface area contributed by atoms with E-state index in [1.54, 1.807) is 0 Å². The molecule has 1 N–H and O–H groups in total. The molecule has 0 unspecified atom stereocenters. The molecule has 1 fully saturated rings. The number of hydrogen-bond donors (Lipinski definition) is 1. The highest BCUT2D eigenvalue weighted by Gasteiger charge is 2.37. The van der Waals surface area contributed by atoms with Crippen molar-refractivity contribution in [3.63, 3.8) is 0 Å². The molecule has 1 aliphatic rings. The van der Waals surface area contributed by atoms with Crippen LogP contribution in [0.3, 0.4) is 0 Å². The molecule has 1 atom stereocenters. The Morgan fingerprint density at radius 1 is 1.36 bits per heavy atom. The van der Waals surface area contributed by atoms with E-state index in [0.717, 1.165) is 25.8 Å². The number of nitrogens with zero attached hydrogens (tertiary/aromatic N) is 1. The molecular formula is C9H17F3N2. The predicted octanol–water partition coefficient (Wildman–Crippen LogP) is 1.97. The Morgan fingerprint density at radius 3 is 2.50 bits per heavy atom. The number of piperidine rings is 1. The summed E-state index contributed by atoms with van der Waals surface area (Å²) in [6.07, 6.45) is -1.22. The van der Waals surface area contributed by atoms with Crippen molar-refractivity contribution in [1.29, 1.82) is 0 Å². The number of rotatable bonds is 3. The fourth-order valence-corrected chi connectivity index (χ4v) is 1.76. The molecule has 0 amide bonds. The van der Waals surface area contributed by atoms with Gasteiger partial charge >= 0.3 is 6.30 Å². The van der Waals surface area contributed by atoms with Crippen LogP contribution >= 0.6 is 0 Å². The third kappa shape index (κ3) is 3.46. The van der Waals surface area contributed by atoms with E-state index in [9.17, 15) is 13.2 Å². The third-order valence-electron chi connectivity index (χ3n) is 2.59. The Hall–Kier alpha value is -0.290. The molecule has 2 nitrogen and oxygen atoms in total. The molecule has 1 rings (SSSR count). The standard InChI is InChI=1S/C9H17F3N2/c1-2-14(9(10,11)12)7-8-5-3-4-6-13-8/h8,13H,2-7H2,1H3/t8-/m0/s1. The molecule has 5 heteroatoms. The van der Waals surface area contributed by atoms with Gasteiger partial charge in [0.2, 0.25) is 0 Å². The zero-order valence-corrected chi connectivity index (χ0v) is 8.40. The van der Waals surface area contributed by atoms with Gasteiger partial charge in [-0.15, -0.1) is 0 Å². The summed E-state index contributed by atoms with van der Waals surface area (Å²) in [4.78, 5) is 0.565. The van der Waals surface area contributed by atoms with Gasteiger partial charge in [-0.1, -0.05) is 13.3 Å². The molecule has 84 valence electrons. The molecule has 1 saturated heterocycles. The SMILES string of the molecule is CCN(C[C@@H]1CCCCN1)C(F)(F)F. The summed E-state index contributed by atoms with van der Waals surface area (Å²) in [5.74, 6) is 0. The molecule has 1 aliphatic heterocycles. The summed E-state index contributed by atoms with van der Waals surface area (Å²) in [5.41, 5.74) is 0. The van der Waals surface area contributed by atoms with Crippen LogP contribution in [0.1, 0.15) is 26.2 Å². The minimum atomic E-state index is -4.19. The molecule has 0 bridgehead atoms. The molecule has 0 aliphatic carbocycles. The van der Waals surface area contributed by atoms with Crippen molar-refractivity contribution in [2.45, 2.75) is 38.5 Å². The van der Waals surface area contributed by atoms with E-state index in [1.165, 1.54) is 6.92 Å². The van der Waals surface area contributed by atoms with E-state index in [4.69, 9.17) is 0 Å². The maximum atomic E-state index is 12.4. The van der Waals surface area contributed by atoms with Crippen molar-refractivity contribution in [2.24, 2.45) is 0 Å². The summed E-state index contributed by atoms with van der Waals surface area (Å²) in [6, 6.07) is 0.00493. The van der Waals surface area contributed by atoms with E-state index in [2.05, 4.69) is 5.32 Å². The maximum absolute atomic E-state index is 12.4. The number of hydrogen-bond acceptors (Lipinski definition) is 2. The Kier molecular flexibility index (Phi) is 4.19. The predicted molar refractivity (Wildman–Crippen MR) is 48.9 cm³/mol. The lowest BCUT2D eigenvalue weighted by Crippen LogP contribution is -2.48. The van der Waals surface area contributed by atoms with Gasteiger partial charge in [0, 0.05) is 19.1 Å². The van der Waals surface area contributed by atoms with Gasteiger partial charge in [-0.05, 0) is 19.4 Å². The van der Waals surface area contributed by atoms with Gasteiger partial charge < -0.3 is 5.32 Å². The maximum Gasteiger partial charge on any atom is 0.459 e. The Bertz CT molecular complexity index is 164. The topological polar surface area (TPSA) is 15.3 Å². The van der Waals surface area contributed by atoms with Crippen molar-refractivity contribution in [2.75, 3.05) is 19.6 Å². The normalized spacial score (nSPS) is 24.2. The first-order valence-corrected chi connectivity index (χ1v) is 5.09. The number of alkyl halides is 3. The molecule has 0 aromatic carbocycles. The quantitative estimate of drug-likeness (QED) is 0.716. The molecule has 0 spiro atoms. The average molecular weight is 210 g/mol. The van der Waals surface area contributed by atoms with Gasteiger partial charge in [0.1, 0.15) is 0 Å². The fourth-order valence-electron chi connectivity index (χ4n) is 1.76. The second-order valence-electron chi connectivity index (χ2n) is 3.65. The Balaban J connectivity index is 2.39. The highest BCUT2D eigenvalue weighted by molar-refractivity contribution is 4.76. The largest absolute Gasteiger partial charge is 0.459 e. The van der Waals surface area contributed by atoms with E-state index < -0.39 is 6.30 Å². The molecule has 0 radical (unpaired) electrons. The van der Waals surface area contributed by atoms with Gasteiger partial charge in [0.15, 0.2) is 0 Å². The van der Waals surface area contributed by atoms with Crippen LogP contribution in [0.2, 0.25) is 0 Å². The monoisotopic (exact) mass is 210 g/mol. The second-order valence-corrected chi connectivity index (χ2v) is 3.65. The smallest absolute Gasteiger partial charge is 0.313 e. The second kappa shape index (κ2) is 4.98. The highest BCUT2D eigenvalue weighted by atomic mass is 19.4. The lowest BCUT2D eigenvalue weighted by molar-refractivity contribution is -0.245. The van der Waals surface area contributed by atoms with Crippen molar-refractivity contribution >= 4 is 0 Å². The van der Waals surface area contributed by atoms with Crippen LogP contribution in [-0.4, -0.2) is 36.9 Å². The fraction of sp³-hybridized carbons (Fsp3) is 1.00. The first kappa shape index (κ1) is 11.8. The van der Waals surface area contributed by atoms with E-state index >= 15 is 0 Å². The van der Waals surface area contributed by atoms with Gasteiger partial charge in [-0.2, -0.15) is 13.2 Å². The van der Waals surface area contributed by atoms with Crippen molar-refractivity contribution in [1.82, 2.24) is 10.2 Å². The average Bonchev–Trinajstić information content (AvgIpc) is 2.14. The Labute approximate surface area is 82.5 Å². The minimum Gasteiger partial charge on any atom is -0.313 e. The van der Waals surface area contributed by atoms with E-state index in [0.29, 0.717) is 4.90 Å². The summed E-state index contributed by atoms with van der Waals surface area (Å²) < 4.78 is 37.1. The van der Waals surface area contributed by atoms with Crippen LogP contribution < -0.4 is 5.32 Å². The van der Waals surface area contributed by atoms with Crippen LogP contribution in [-0.2, 0) is 0 Å². The van der Waals surface area contributed by atoms with Crippen molar-refractivity contribution in [3.8, 4) is 0 Å². The van der Waals surface area contributed by atoms with Crippen LogP contribution in [0.15, 0.2) is 0 Å². The van der Waals surface area contributed by atoms with Gasteiger partial charge in [-0.25, -0.2) is 4.90 Å². The highest BCUT2D eigenvalue weighted by Crippen LogP contribution is 2.22. The zero-order chi connectivity index (χ0) is 10.6. The van der Waals surface area contributed by atoms with Crippen LogP contribution in [0, 0.1) is 0 Å². The van der Waals surface area contributed by atoms with Crippen molar-refractivity contribution in [3.05, 3.63) is 0 Å². The van der Waals surface area contributed by atoms with Crippen LogP contribution in [0.4, 0.5) is 13.2 Å². The lowest BCUT2D eigenvalue weighted by Gasteiger charge is -2.30. The van der Waals surface area contributed by atoms with Crippen molar-refractivity contribution < 1.29 is 13.2 Å². The summed E-state index contributed by atoms with van der Waals surface area (Å²) in [6.45, 7) is 2.50. The molecule has 14 heavy (non-hydrogen) atoms. The minimum absolute atomic E-state index is 0.00493. The first-order valence-electron chi connectivity index (χ1n) is 5.09. The van der Waals surface area contributed by atoms with E-state index in [1.807, 2.05) is 0 Å². The first-order chi connectivity index (χ1) is 6.54. The third-order valence-corrected chi connectivity index (χ3v) is 2.59. The summed E-state index contributed by atoms with van der Waals surface area (Å²) >= 11 is 0. The molecule has 1 heterocycles. The van der Waals surface area contributed by atoms with Gasteiger partial charge in [0.05, 0.1) is 0 Å². The van der Waals surface area contributed by atoms with Crippen LogP contribution in [0.25, 0.3) is 0 Å². The zero-order valence-electron chi connectivity index (χ0n) is 8.40. The lowest BCUT2D eigenvalue weighted by atomic mass is 10.0. The molecule has 0 aromatic rings. The van der Waals surface area contributed by atoms with Gasteiger partial charge in [-0.3, -0.25) is 0 Å². The molecule has 0 aromatic heterocycles. The number of likely N-dealkylation sites (N-methyl/N-ethyl adjacent to an activating group) is 1. The van der Waals surface area contributed by atoms with Crippen LogP contribution in [0.5, 0.6) is 0 Å².